The molecule has 1 spiro atoms. The van der Waals surface area contributed by atoms with Gasteiger partial charge in [0.15, 0.2) is 0 Å². The summed E-state index contributed by atoms with van der Waals surface area (Å²) < 4.78 is 6.54. The molecule has 31 heavy (non-hydrogen) atoms. The van der Waals surface area contributed by atoms with E-state index in [0.717, 1.165) is 43.4 Å². The summed E-state index contributed by atoms with van der Waals surface area (Å²) in [5.41, 5.74) is 0.843. The van der Waals surface area contributed by atoms with Gasteiger partial charge in [0, 0.05) is 50.9 Å². The molecule has 4 rings (SSSR count). The average molecular weight is 428 g/mol. The first-order valence-electron chi connectivity index (χ1n) is 12.0. The number of carbonyl (C=O) groups excluding carboxylic acids is 2. The molecule has 6 nitrogen and oxygen atoms in total. The number of amides is 3. The van der Waals surface area contributed by atoms with Crippen molar-refractivity contribution in [1.82, 2.24) is 15.5 Å². The lowest BCUT2D eigenvalue weighted by Crippen LogP contribution is -2.54. The molecule has 0 bridgehead atoms. The standard InChI is InChI=1S/C25H37N3O3/c1-18(2)17-26-23(29)15-19-16-25(31-22-10-6-5-9-21(19)22)11-13-28(14-12-25)24(30)27-20-7-3-4-8-20/h5-6,9-10,18-20H,3-4,7-8,11-17H2,1-2H3,(H,26,29)(H,27,30)/t19-/m1/s1. The molecular formula is C25H37N3O3. The number of hydrogen-bond donors (Lipinski definition) is 2. The SMILES string of the molecule is CC(C)CNC(=O)C[C@@H]1CC2(CCN(C(=O)NC3CCCC3)CC2)Oc2ccccc21. The molecule has 0 aromatic heterocycles. The summed E-state index contributed by atoms with van der Waals surface area (Å²) in [5.74, 6) is 1.60. The van der Waals surface area contributed by atoms with Crippen LogP contribution in [0.5, 0.6) is 5.75 Å². The zero-order valence-corrected chi connectivity index (χ0v) is 19.0. The maximum Gasteiger partial charge on any atom is 0.317 e. The second-order valence-corrected chi connectivity index (χ2v) is 10.0. The van der Waals surface area contributed by atoms with Crippen molar-refractivity contribution in [3.63, 3.8) is 0 Å². The number of likely N-dealkylation sites (tertiary alicyclic amines) is 1. The van der Waals surface area contributed by atoms with Crippen molar-refractivity contribution < 1.29 is 14.3 Å². The van der Waals surface area contributed by atoms with Gasteiger partial charge in [-0.15, -0.1) is 0 Å². The Morgan fingerprint density at radius 3 is 2.58 bits per heavy atom. The van der Waals surface area contributed by atoms with Crippen LogP contribution in [0, 0.1) is 5.92 Å². The largest absolute Gasteiger partial charge is 0.487 e. The highest BCUT2D eigenvalue weighted by molar-refractivity contribution is 5.77. The Kier molecular flexibility index (Phi) is 6.73. The molecule has 6 heteroatoms. The molecule has 1 aromatic rings. The van der Waals surface area contributed by atoms with Crippen molar-refractivity contribution in [3.05, 3.63) is 29.8 Å². The molecule has 1 aromatic carbocycles. The third kappa shape index (κ3) is 5.34. The minimum Gasteiger partial charge on any atom is -0.487 e. The summed E-state index contributed by atoms with van der Waals surface area (Å²) in [4.78, 5) is 27.2. The Bertz CT molecular complexity index is 780. The molecule has 1 atom stereocenters. The molecule has 1 aliphatic carbocycles. The third-order valence-corrected chi connectivity index (χ3v) is 7.09. The van der Waals surface area contributed by atoms with Gasteiger partial charge in [-0.05, 0) is 36.8 Å². The summed E-state index contributed by atoms with van der Waals surface area (Å²) in [5, 5.41) is 6.27. The number of rotatable bonds is 5. The first kappa shape index (κ1) is 22.0. The minimum atomic E-state index is -0.290. The van der Waals surface area contributed by atoms with Gasteiger partial charge in [0.25, 0.3) is 0 Å². The smallest absolute Gasteiger partial charge is 0.317 e. The van der Waals surface area contributed by atoms with Gasteiger partial charge in [-0.1, -0.05) is 44.9 Å². The molecule has 2 heterocycles. The molecule has 0 radical (unpaired) electrons. The number of piperidine rings is 1. The Morgan fingerprint density at radius 1 is 1.16 bits per heavy atom. The van der Waals surface area contributed by atoms with E-state index >= 15 is 0 Å². The van der Waals surface area contributed by atoms with Crippen molar-refractivity contribution in [3.8, 4) is 5.75 Å². The van der Waals surface area contributed by atoms with E-state index < -0.39 is 0 Å². The van der Waals surface area contributed by atoms with Crippen molar-refractivity contribution in [2.75, 3.05) is 19.6 Å². The van der Waals surface area contributed by atoms with Gasteiger partial charge in [0.05, 0.1) is 0 Å². The van der Waals surface area contributed by atoms with E-state index in [1.807, 2.05) is 23.1 Å². The summed E-state index contributed by atoms with van der Waals surface area (Å²) >= 11 is 0. The van der Waals surface area contributed by atoms with Gasteiger partial charge in [0.1, 0.15) is 11.4 Å². The zero-order chi connectivity index (χ0) is 21.8. The molecule has 0 unspecified atom stereocenters. The topological polar surface area (TPSA) is 70.7 Å². The number of nitrogens with one attached hydrogen (secondary N) is 2. The Hall–Kier alpha value is -2.24. The van der Waals surface area contributed by atoms with E-state index in [2.05, 4.69) is 30.5 Å². The second-order valence-electron chi connectivity index (χ2n) is 10.0. The van der Waals surface area contributed by atoms with Gasteiger partial charge in [0.2, 0.25) is 5.91 Å². The summed E-state index contributed by atoms with van der Waals surface area (Å²) in [6.45, 7) is 6.32. The Morgan fingerprint density at radius 2 is 1.87 bits per heavy atom. The van der Waals surface area contributed by atoms with Crippen molar-refractivity contribution in [2.24, 2.45) is 5.92 Å². The molecule has 2 aliphatic heterocycles. The van der Waals surface area contributed by atoms with Crippen LogP contribution in [0.3, 0.4) is 0 Å². The Balaban J connectivity index is 1.40. The minimum absolute atomic E-state index is 0.0718. The summed E-state index contributed by atoms with van der Waals surface area (Å²) in [6, 6.07) is 8.55. The molecule has 1 saturated carbocycles. The van der Waals surface area contributed by atoms with Gasteiger partial charge in [-0.2, -0.15) is 0 Å². The van der Waals surface area contributed by atoms with Crippen LogP contribution < -0.4 is 15.4 Å². The fourth-order valence-corrected chi connectivity index (χ4v) is 5.30. The Labute approximate surface area is 186 Å². The maximum atomic E-state index is 12.7. The normalized spacial score (nSPS) is 22.8. The van der Waals surface area contributed by atoms with Crippen LogP contribution in [0.15, 0.2) is 24.3 Å². The van der Waals surface area contributed by atoms with Crippen molar-refractivity contribution in [1.29, 1.82) is 0 Å². The lowest BCUT2D eigenvalue weighted by Gasteiger charge is -2.47. The monoisotopic (exact) mass is 427 g/mol. The number of ether oxygens (including phenoxy) is 1. The number of benzene rings is 1. The number of nitrogens with zero attached hydrogens (tertiary/aromatic N) is 1. The predicted octanol–water partition coefficient (Wildman–Crippen LogP) is 4.20. The molecule has 3 aliphatic rings. The van der Waals surface area contributed by atoms with Gasteiger partial charge >= 0.3 is 6.03 Å². The van der Waals surface area contributed by atoms with E-state index in [9.17, 15) is 9.59 Å². The second kappa shape index (κ2) is 9.49. The van der Waals surface area contributed by atoms with Crippen molar-refractivity contribution >= 4 is 11.9 Å². The van der Waals surface area contributed by atoms with Gasteiger partial charge in [-0.3, -0.25) is 4.79 Å². The first-order chi connectivity index (χ1) is 14.9. The number of fused-ring (bicyclic) bond motifs is 1. The van der Waals surface area contributed by atoms with Crippen LogP contribution in [0.1, 0.15) is 76.7 Å². The van der Waals surface area contributed by atoms with Gasteiger partial charge in [-0.25, -0.2) is 4.79 Å². The molecule has 1 saturated heterocycles. The van der Waals surface area contributed by atoms with E-state index in [-0.39, 0.29) is 23.5 Å². The van der Waals surface area contributed by atoms with E-state index in [1.54, 1.807) is 0 Å². The lowest BCUT2D eigenvalue weighted by molar-refractivity contribution is -0.122. The number of carbonyl (C=O) groups is 2. The molecule has 2 fully saturated rings. The number of urea groups is 1. The zero-order valence-electron chi connectivity index (χ0n) is 19.0. The number of hydrogen-bond acceptors (Lipinski definition) is 3. The predicted molar refractivity (Wildman–Crippen MR) is 121 cm³/mol. The fourth-order valence-electron chi connectivity index (χ4n) is 5.30. The summed E-state index contributed by atoms with van der Waals surface area (Å²) in [7, 11) is 0. The fraction of sp³-hybridized carbons (Fsp3) is 0.680. The van der Waals surface area contributed by atoms with Crippen LogP contribution in [-0.4, -0.2) is 48.1 Å². The highest BCUT2D eigenvalue weighted by Gasteiger charge is 2.44. The van der Waals surface area contributed by atoms with Crippen molar-refractivity contribution in [2.45, 2.75) is 82.8 Å². The number of para-hydroxylation sites is 1. The average Bonchev–Trinajstić information content (AvgIpc) is 3.26. The van der Waals surface area contributed by atoms with Gasteiger partial charge < -0.3 is 20.3 Å². The quantitative estimate of drug-likeness (QED) is 0.740. The maximum absolute atomic E-state index is 12.7. The molecule has 3 amide bonds. The third-order valence-electron chi connectivity index (χ3n) is 7.09. The summed E-state index contributed by atoms with van der Waals surface area (Å²) in [6.07, 6.45) is 7.57. The first-order valence-corrected chi connectivity index (χ1v) is 12.0. The van der Waals surface area contributed by atoms with Crippen LogP contribution in [0.25, 0.3) is 0 Å². The highest BCUT2D eigenvalue weighted by atomic mass is 16.5. The van der Waals surface area contributed by atoms with Crippen LogP contribution in [0.2, 0.25) is 0 Å². The molecule has 170 valence electrons. The lowest BCUT2D eigenvalue weighted by atomic mass is 9.76. The van der Waals surface area contributed by atoms with E-state index in [0.29, 0.717) is 38.0 Å². The van der Waals surface area contributed by atoms with E-state index in [4.69, 9.17) is 4.74 Å². The molecular weight excluding hydrogens is 390 g/mol. The van der Waals surface area contributed by atoms with E-state index in [1.165, 1.54) is 12.8 Å². The van der Waals surface area contributed by atoms with Crippen LogP contribution >= 0.6 is 0 Å². The van der Waals surface area contributed by atoms with Crippen LogP contribution in [0.4, 0.5) is 4.79 Å². The molecule has 2 N–H and O–H groups in total. The van der Waals surface area contributed by atoms with Crippen LogP contribution in [-0.2, 0) is 4.79 Å². The highest BCUT2D eigenvalue weighted by Crippen LogP contribution is 2.46.